The lowest BCUT2D eigenvalue weighted by atomic mass is 10.1. The molecule has 0 aliphatic carbocycles. The van der Waals surface area contributed by atoms with Crippen LogP contribution >= 0.6 is 22.6 Å². The second kappa shape index (κ2) is 11.1. The maximum Gasteiger partial charge on any atom is 0.234 e. The highest BCUT2D eigenvalue weighted by atomic mass is 127. The van der Waals surface area contributed by atoms with Gasteiger partial charge in [-0.05, 0) is 66.0 Å². The van der Waals surface area contributed by atoms with Crippen LogP contribution in [0, 0.1) is 3.57 Å². The van der Waals surface area contributed by atoms with E-state index in [1.807, 2.05) is 24.3 Å². The molecule has 0 heterocycles. The summed E-state index contributed by atoms with van der Waals surface area (Å²) in [7, 11) is 0. The number of primary amides is 1. The highest BCUT2D eigenvalue weighted by Gasteiger charge is 2.10. The first-order valence-electron chi connectivity index (χ1n) is 8.00. The van der Waals surface area contributed by atoms with Gasteiger partial charge in [-0.1, -0.05) is 18.6 Å². The van der Waals surface area contributed by atoms with Crippen molar-refractivity contribution >= 4 is 40.3 Å². The summed E-state index contributed by atoms with van der Waals surface area (Å²) < 4.78 is 1.18. The number of aryl methyl sites for hydroxylation is 1. The number of halogens is 1. The number of hydrogen-bond donors (Lipinski definition) is 3. The zero-order valence-corrected chi connectivity index (χ0v) is 15.8. The van der Waals surface area contributed by atoms with Gasteiger partial charge in [0.05, 0.1) is 6.04 Å². The van der Waals surface area contributed by atoms with Gasteiger partial charge in [0.1, 0.15) is 0 Å². The molecule has 0 saturated carbocycles. The Morgan fingerprint density at radius 2 is 1.58 bits per heavy atom. The number of imide groups is 1. The number of rotatable bonds is 10. The second-order valence-electron chi connectivity index (χ2n) is 5.71. The highest BCUT2D eigenvalue weighted by Crippen LogP contribution is 2.09. The minimum Gasteiger partial charge on any atom is -0.368 e. The van der Waals surface area contributed by atoms with Crippen LogP contribution < -0.4 is 16.8 Å². The molecule has 0 fully saturated rings. The van der Waals surface area contributed by atoms with Crippen molar-refractivity contribution in [1.29, 1.82) is 0 Å². The number of carbonyl (C=O) groups is 3. The Balaban J connectivity index is 2.12. The van der Waals surface area contributed by atoms with E-state index in [1.165, 1.54) is 9.13 Å². The molecule has 1 unspecified atom stereocenters. The molecule has 0 aliphatic rings. The molecule has 3 amide bonds. The maximum atomic E-state index is 11.7. The SMILES string of the molecule is NC(=O)C(N)CCCCC(=O)NC(=O)CCCc1ccc(I)cc1. The lowest BCUT2D eigenvalue weighted by molar-refractivity contribution is -0.130. The van der Waals surface area contributed by atoms with Crippen molar-refractivity contribution < 1.29 is 14.4 Å². The Morgan fingerprint density at radius 3 is 2.17 bits per heavy atom. The molecule has 7 heteroatoms. The van der Waals surface area contributed by atoms with Gasteiger partial charge in [0.15, 0.2) is 0 Å². The topological polar surface area (TPSA) is 115 Å². The van der Waals surface area contributed by atoms with E-state index in [-0.39, 0.29) is 18.2 Å². The summed E-state index contributed by atoms with van der Waals surface area (Å²) in [6, 6.07) is 7.48. The fourth-order valence-corrected chi connectivity index (χ4v) is 2.54. The van der Waals surface area contributed by atoms with E-state index in [9.17, 15) is 14.4 Å². The lowest BCUT2D eigenvalue weighted by Gasteiger charge is -2.07. The number of nitrogens with two attached hydrogens (primary N) is 2. The molecule has 1 atom stereocenters. The van der Waals surface area contributed by atoms with Crippen LogP contribution in [-0.2, 0) is 20.8 Å². The Bertz CT molecular complexity index is 561. The van der Waals surface area contributed by atoms with Crippen LogP contribution in [-0.4, -0.2) is 23.8 Å². The first kappa shape index (κ1) is 20.6. The van der Waals surface area contributed by atoms with Crippen molar-refractivity contribution in [2.45, 2.75) is 51.0 Å². The first-order valence-corrected chi connectivity index (χ1v) is 9.08. The predicted octanol–water partition coefficient (Wildman–Crippen LogP) is 1.63. The van der Waals surface area contributed by atoms with E-state index >= 15 is 0 Å². The van der Waals surface area contributed by atoms with Crippen LogP contribution in [0.5, 0.6) is 0 Å². The minimum absolute atomic E-state index is 0.244. The van der Waals surface area contributed by atoms with Gasteiger partial charge in [-0.25, -0.2) is 0 Å². The molecule has 1 rings (SSSR count). The van der Waals surface area contributed by atoms with Gasteiger partial charge in [0.2, 0.25) is 17.7 Å². The molecular weight excluding hydrogens is 421 g/mol. The van der Waals surface area contributed by atoms with Crippen LogP contribution in [0.25, 0.3) is 0 Å². The predicted molar refractivity (Wildman–Crippen MR) is 101 cm³/mol. The summed E-state index contributed by atoms with van der Waals surface area (Å²) >= 11 is 2.25. The summed E-state index contributed by atoms with van der Waals surface area (Å²) in [5, 5.41) is 2.38. The van der Waals surface area contributed by atoms with Crippen LogP contribution in [0.15, 0.2) is 24.3 Å². The lowest BCUT2D eigenvalue weighted by Crippen LogP contribution is -2.36. The van der Waals surface area contributed by atoms with Crippen LogP contribution in [0.1, 0.15) is 44.1 Å². The van der Waals surface area contributed by atoms with Gasteiger partial charge in [0, 0.05) is 16.4 Å². The Kier molecular flexibility index (Phi) is 9.55. The Hall–Kier alpha value is -1.48. The average molecular weight is 445 g/mol. The molecule has 6 nitrogen and oxygen atoms in total. The first-order chi connectivity index (χ1) is 11.4. The van der Waals surface area contributed by atoms with Gasteiger partial charge in [-0.3, -0.25) is 19.7 Å². The normalized spacial score (nSPS) is 11.8. The van der Waals surface area contributed by atoms with E-state index in [2.05, 4.69) is 27.9 Å². The number of unbranched alkanes of at least 4 members (excludes halogenated alkanes) is 1. The minimum atomic E-state index is -0.670. The van der Waals surface area contributed by atoms with E-state index in [0.717, 1.165) is 6.42 Å². The fourth-order valence-electron chi connectivity index (χ4n) is 2.18. The number of carbonyl (C=O) groups excluding carboxylic acids is 3. The summed E-state index contributed by atoms with van der Waals surface area (Å²) in [4.78, 5) is 34.1. The third-order valence-electron chi connectivity index (χ3n) is 3.60. The van der Waals surface area contributed by atoms with Gasteiger partial charge < -0.3 is 11.5 Å². The molecular formula is C17H24IN3O3. The molecule has 24 heavy (non-hydrogen) atoms. The summed E-state index contributed by atoms with van der Waals surface area (Å²) in [5.74, 6) is -1.08. The summed E-state index contributed by atoms with van der Waals surface area (Å²) in [6.07, 6.45) is 3.73. The molecule has 0 bridgehead atoms. The molecule has 0 aliphatic heterocycles. The van der Waals surface area contributed by atoms with E-state index in [4.69, 9.17) is 11.5 Å². The standard InChI is InChI=1S/C17H24IN3O3/c18-13-10-8-12(9-11-13)4-3-7-16(23)21-15(22)6-2-1-5-14(19)17(20)24/h8-11,14H,1-7,19H2,(H2,20,24)(H,21,22,23). The van der Waals surface area contributed by atoms with Gasteiger partial charge >= 0.3 is 0 Å². The summed E-state index contributed by atoms with van der Waals surface area (Å²) in [6.45, 7) is 0. The molecule has 1 aromatic carbocycles. The van der Waals surface area contributed by atoms with Crippen LogP contribution in [0.3, 0.4) is 0 Å². The highest BCUT2D eigenvalue weighted by molar-refractivity contribution is 14.1. The van der Waals surface area contributed by atoms with Gasteiger partial charge in [0.25, 0.3) is 0 Å². The fraction of sp³-hybridized carbons (Fsp3) is 0.471. The van der Waals surface area contributed by atoms with Crippen molar-refractivity contribution in [3.8, 4) is 0 Å². The molecule has 1 aromatic rings. The number of hydrogen-bond acceptors (Lipinski definition) is 4. The molecule has 132 valence electrons. The molecule has 0 saturated heterocycles. The van der Waals surface area contributed by atoms with Crippen molar-refractivity contribution in [2.24, 2.45) is 11.5 Å². The number of nitrogens with one attached hydrogen (secondary N) is 1. The van der Waals surface area contributed by atoms with Crippen LogP contribution in [0.2, 0.25) is 0 Å². The van der Waals surface area contributed by atoms with Gasteiger partial charge in [-0.2, -0.15) is 0 Å². The zero-order valence-electron chi connectivity index (χ0n) is 13.6. The van der Waals surface area contributed by atoms with Crippen molar-refractivity contribution in [3.63, 3.8) is 0 Å². The Labute approximate surface area is 155 Å². The molecule has 5 N–H and O–H groups in total. The van der Waals surface area contributed by atoms with Crippen molar-refractivity contribution in [1.82, 2.24) is 5.32 Å². The monoisotopic (exact) mass is 445 g/mol. The molecule has 0 aromatic heterocycles. The number of amides is 3. The van der Waals surface area contributed by atoms with E-state index < -0.39 is 11.9 Å². The van der Waals surface area contributed by atoms with Gasteiger partial charge in [-0.15, -0.1) is 0 Å². The second-order valence-corrected chi connectivity index (χ2v) is 6.95. The largest absolute Gasteiger partial charge is 0.368 e. The average Bonchev–Trinajstić information content (AvgIpc) is 2.53. The number of benzene rings is 1. The van der Waals surface area contributed by atoms with Crippen molar-refractivity contribution in [2.75, 3.05) is 0 Å². The molecule has 0 radical (unpaired) electrons. The molecule has 0 spiro atoms. The third-order valence-corrected chi connectivity index (χ3v) is 4.31. The Morgan fingerprint density at radius 1 is 1.00 bits per heavy atom. The quantitative estimate of drug-likeness (QED) is 0.375. The smallest absolute Gasteiger partial charge is 0.234 e. The zero-order chi connectivity index (χ0) is 17.9. The van der Waals surface area contributed by atoms with E-state index in [1.54, 1.807) is 0 Å². The maximum absolute atomic E-state index is 11.7. The third kappa shape index (κ3) is 8.97. The van der Waals surface area contributed by atoms with E-state index in [0.29, 0.717) is 32.1 Å². The summed E-state index contributed by atoms with van der Waals surface area (Å²) in [5.41, 5.74) is 11.7. The van der Waals surface area contributed by atoms with Crippen LogP contribution in [0.4, 0.5) is 0 Å². The van der Waals surface area contributed by atoms with Crippen molar-refractivity contribution in [3.05, 3.63) is 33.4 Å².